The number of allylic oxidation sites excluding steroid dienone is 22. The Morgan fingerprint density at radius 3 is 1.56 bits per heavy atom. The maximum absolute atomic E-state index is 11.5. The van der Waals surface area contributed by atoms with Gasteiger partial charge in [-0.25, -0.2) is 0 Å². The second kappa shape index (κ2) is 23.7. The molecule has 0 fully saturated rings. The number of carboxylic acids is 1. The summed E-state index contributed by atoms with van der Waals surface area (Å²) in [6.07, 6.45) is 36.1. The molecule has 0 rings (SSSR count). The van der Waals surface area contributed by atoms with Gasteiger partial charge in [-0.2, -0.15) is 0 Å². The van der Waals surface area contributed by atoms with Gasteiger partial charge in [0.25, 0.3) is 0 Å². The van der Waals surface area contributed by atoms with E-state index in [4.69, 9.17) is 9.84 Å². The minimum absolute atomic E-state index is 0.0987. The molecule has 220 valence electrons. The normalized spacial score (nSPS) is 14.9. The highest BCUT2D eigenvalue weighted by molar-refractivity contribution is 5.76. The third kappa shape index (κ3) is 24.6. The first kappa shape index (κ1) is 36.8. The van der Waals surface area contributed by atoms with Crippen molar-refractivity contribution in [2.75, 3.05) is 6.61 Å². The summed E-state index contributed by atoms with van der Waals surface area (Å²) in [7, 11) is 0. The van der Waals surface area contributed by atoms with E-state index in [1.54, 1.807) is 6.08 Å². The number of hydrogen-bond donors (Lipinski definition) is 1. The van der Waals surface area contributed by atoms with Crippen LogP contribution in [0.3, 0.4) is 0 Å². The Labute approximate surface area is 248 Å². The highest BCUT2D eigenvalue weighted by Crippen LogP contribution is 2.09. The van der Waals surface area contributed by atoms with Crippen LogP contribution in [0.25, 0.3) is 0 Å². The lowest BCUT2D eigenvalue weighted by Gasteiger charge is -2.04. The molecule has 0 aliphatic rings. The van der Waals surface area contributed by atoms with Crippen LogP contribution in [0.5, 0.6) is 0 Å². The molecule has 41 heavy (non-hydrogen) atoms. The Kier molecular flexibility index (Phi) is 21.3. The highest BCUT2D eigenvalue weighted by atomic mass is 16.5. The van der Waals surface area contributed by atoms with E-state index in [9.17, 15) is 9.59 Å². The van der Waals surface area contributed by atoms with Gasteiger partial charge in [0, 0.05) is 0 Å². The summed E-state index contributed by atoms with van der Waals surface area (Å²) in [4.78, 5) is 22.0. The van der Waals surface area contributed by atoms with Gasteiger partial charge in [-0.3, -0.25) is 9.59 Å². The molecular formula is C37H48O4. The summed E-state index contributed by atoms with van der Waals surface area (Å²) in [5.41, 5.74) is 6.88. The van der Waals surface area contributed by atoms with E-state index in [0.717, 1.165) is 29.6 Å². The van der Waals surface area contributed by atoms with Crippen molar-refractivity contribution in [3.8, 4) is 0 Å². The van der Waals surface area contributed by atoms with E-state index in [2.05, 4.69) is 102 Å². The fourth-order valence-electron chi connectivity index (χ4n) is 3.09. The number of aliphatic carboxylic acids is 1. The molecule has 0 unspecified atom stereocenters. The Balaban J connectivity index is 4.59. The molecule has 1 N–H and O–H groups in total. The lowest BCUT2D eigenvalue weighted by Crippen LogP contribution is -2.08. The third-order valence-corrected chi connectivity index (χ3v) is 5.54. The molecule has 0 heterocycles. The molecule has 0 spiro atoms. The van der Waals surface area contributed by atoms with Crippen LogP contribution in [0.15, 0.2) is 143 Å². The van der Waals surface area contributed by atoms with Crippen LogP contribution >= 0.6 is 0 Å². The topological polar surface area (TPSA) is 63.6 Å². The molecule has 0 aromatic carbocycles. The Morgan fingerprint density at radius 2 is 1.07 bits per heavy atom. The van der Waals surface area contributed by atoms with E-state index < -0.39 is 11.9 Å². The van der Waals surface area contributed by atoms with Crippen molar-refractivity contribution in [1.82, 2.24) is 0 Å². The standard InChI is InChI=1S/C37H48O4/c1-8-9-16-30(2)19-12-20-31(3)17-10-11-18-32(4)21-13-22-33(5)23-14-24-34(6)25-15-26-35(7)29-41-37(40)28-27-36(38)39/h8-14,16-24,26H,1,15,25,27-29H2,2-7H3,(H,38,39)/b11-10+,16-9+,20-12+,21-13+,23-14+,30-19+,31-17+,32-18+,33-22+,34-24+,35-26+. The van der Waals surface area contributed by atoms with Crippen LogP contribution < -0.4 is 0 Å². The van der Waals surface area contributed by atoms with Gasteiger partial charge in [0.15, 0.2) is 0 Å². The average Bonchev–Trinajstić information content (AvgIpc) is 2.91. The van der Waals surface area contributed by atoms with Crippen molar-refractivity contribution in [3.63, 3.8) is 0 Å². The van der Waals surface area contributed by atoms with Crippen LogP contribution in [0, 0.1) is 0 Å². The fraction of sp³-hybridized carbons (Fsp3) is 0.297. The molecule has 0 saturated heterocycles. The first-order valence-corrected chi connectivity index (χ1v) is 13.9. The molecule has 0 aliphatic heterocycles. The second-order valence-corrected chi connectivity index (χ2v) is 9.86. The molecule has 0 radical (unpaired) electrons. The third-order valence-electron chi connectivity index (χ3n) is 5.54. The molecule has 0 atom stereocenters. The summed E-state index contributed by atoms with van der Waals surface area (Å²) >= 11 is 0. The lowest BCUT2D eigenvalue weighted by molar-refractivity contribution is -0.147. The zero-order valence-electron chi connectivity index (χ0n) is 25.7. The molecular weight excluding hydrogens is 508 g/mol. The van der Waals surface area contributed by atoms with Crippen molar-refractivity contribution < 1.29 is 19.4 Å². The number of carboxylic acid groups (broad SMARTS) is 1. The summed E-state index contributed by atoms with van der Waals surface area (Å²) < 4.78 is 5.08. The maximum Gasteiger partial charge on any atom is 0.306 e. The number of carbonyl (C=O) groups is 2. The fourth-order valence-corrected chi connectivity index (χ4v) is 3.09. The number of carbonyl (C=O) groups excluding carboxylic acids is 1. The number of ether oxygens (including phenoxy) is 1. The van der Waals surface area contributed by atoms with Gasteiger partial charge >= 0.3 is 11.9 Å². The van der Waals surface area contributed by atoms with E-state index in [0.29, 0.717) is 0 Å². The van der Waals surface area contributed by atoms with Gasteiger partial charge in [0.05, 0.1) is 12.8 Å². The van der Waals surface area contributed by atoms with Gasteiger partial charge in [-0.05, 0) is 60.0 Å². The van der Waals surface area contributed by atoms with Crippen molar-refractivity contribution in [2.45, 2.75) is 67.2 Å². The molecule has 0 amide bonds. The predicted octanol–water partition coefficient (Wildman–Crippen LogP) is 9.82. The van der Waals surface area contributed by atoms with Crippen LogP contribution in [0.2, 0.25) is 0 Å². The molecule has 0 bridgehead atoms. The van der Waals surface area contributed by atoms with Crippen LogP contribution in [-0.2, 0) is 14.3 Å². The first-order chi connectivity index (χ1) is 19.5. The summed E-state index contributed by atoms with van der Waals surface area (Å²) in [6.45, 7) is 16.1. The Morgan fingerprint density at radius 1 is 0.610 bits per heavy atom. The summed E-state index contributed by atoms with van der Waals surface area (Å²) in [5.74, 6) is -1.48. The SMILES string of the molecule is C=C/C=C/C(C)=C/C=C/C(C)=C/C=C/C=C(C)/C=C/C=C(C)/C=C/C=C(\C)CC/C=C(\C)COC(=O)CCC(=O)O. The molecule has 0 aromatic rings. The van der Waals surface area contributed by atoms with Crippen molar-refractivity contribution in [1.29, 1.82) is 0 Å². The Bertz CT molecular complexity index is 1190. The zero-order chi connectivity index (χ0) is 30.9. The van der Waals surface area contributed by atoms with Gasteiger partial charge in [-0.15, -0.1) is 0 Å². The minimum Gasteiger partial charge on any atom is -0.481 e. The van der Waals surface area contributed by atoms with E-state index in [1.807, 2.05) is 43.4 Å². The predicted molar refractivity (Wildman–Crippen MR) is 176 cm³/mol. The van der Waals surface area contributed by atoms with Crippen LogP contribution in [0.1, 0.15) is 67.2 Å². The average molecular weight is 557 g/mol. The maximum atomic E-state index is 11.5. The van der Waals surface area contributed by atoms with Crippen LogP contribution in [0.4, 0.5) is 0 Å². The highest BCUT2D eigenvalue weighted by Gasteiger charge is 2.06. The molecule has 4 heteroatoms. The molecule has 4 nitrogen and oxygen atoms in total. The molecule has 0 aromatic heterocycles. The minimum atomic E-state index is -1.00. The van der Waals surface area contributed by atoms with Gasteiger partial charge in [0.2, 0.25) is 0 Å². The van der Waals surface area contributed by atoms with E-state index >= 15 is 0 Å². The largest absolute Gasteiger partial charge is 0.481 e. The van der Waals surface area contributed by atoms with Gasteiger partial charge < -0.3 is 9.84 Å². The zero-order valence-corrected chi connectivity index (χ0v) is 25.7. The van der Waals surface area contributed by atoms with E-state index in [1.165, 1.54) is 16.7 Å². The smallest absolute Gasteiger partial charge is 0.306 e. The van der Waals surface area contributed by atoms with Crippen LogP contribution in [-0.4, -0.2) is 23.7 Å². The number of esters is 1. The van der Waals surface area contributed by atoms with Gasteiger partial charge in [0.1, 0.15) is 6.61 Å². The Hall–Kier alpha value is -4.18. The van der Waals surface area contributed by atoms with Crippen molar-refractivity contribution in [3.05, 3.63) is 143 Å². The monoisotopic (exact) mass is 556 g/mol. The van der Waals surface area contributed by atoms with Crippen molar-refractivity contribution >= 4 is 11.9 Å². The van der Waals surface area contributed by atoms with E-state index in [-0.39, 0.29) is 19.4 Å². The van der Waals surface area contributed by atoms with Gasteiger partial charge in [-0.1, -0.05) is 138 Å². The number of hydrogen-bond acceptors (Lipinski definition) is 3. The lowest BCUT2D eigenvalue weighted by atomic mass is 10.1. The molecule has 0 aliphatic carbocycles. The quantitative estimate of drug-likeness (QED) is 0.104. The summed E-state index contributed by atoms with van der Waals surface area (Å²) in [6, 6.07) is 0. The first-order valence-electron chi connectivity index (χ1n) is 13.9. The second-order valence-electron chi connectivity index (χ2n) is 9.86. The molecule has 0 saturated carbocycles. The number of rotatable bonds is 18. The summed E-state index contributed by atoms with van der Waals surface area (Å²) in [5, 5.41) is 8.60. The van der Waals surface area contributed by atoms with Crippen molar-refractivity contribution in [2.24, 2.45) is 0 Å².